The first kappa shape index (κ1) is 8.97. The van der Waals surface area contributed by atoms with Gasteiger partial charge in [0.05, 0.1) is 0 Å². The highest BCUT2D eigenvalue weighted by molar-refractivity contribution is 5.50. The lowest BCUT2D eigenvalue weighted by Crippen LogP contribution is -2.48. The van der Waals surface area contributed by atoms with Gasteiger partial charge in [-0.1, -0.05) is 0 Å². The molecule has 2 rings (SSSR count). The van der Waals surface area contributed by atoms with Crippen molar-refractivity contribution in [2.45, 2.75) is 0 Å². The molecule has 0 aromatic carbocycles. The fourth-order valence-electron chi connectivity index (χ4n) is 1.57. The topological polar surface area (TPSA) is 60.2 Å². The van der Waals surface area contributed by atoms with Gasteiger partial charge in [0.15, 0.2) is 0 Å². The molecule has 1 aromatic heterocycles. The Labute approximate surface area is 82.4 Å². The Kier molecular flexibility index (Phi) is 2.33. The molecule has 1 fully saturated rings. The third-order valence-electron chi connectivity index (χ3n) is 2.44. The summed E-state index contributed by atoms with van der Waals surface area (Å²) in [7, 11) is 0. The maximum atomic E-state index is 8.86. The molecule has 1 aliphatic rings. The van der Waals surface area contributed by atoms with Crippen molar-refractivity contribution in [2.24, 2.45) is 5.92 Å². The van der Waals surface area contributed by atoms with E-state index in [1.54, 1.807) is 12.3 Å². The molecule has 4 heteroatoms. The fraction of sp³-hybridized carbons (Fsp3) is 0.400. The highest BCUT2D eigenvalue weighted by Crippen LogP contribution is 2.23. The van der Waals surface area contributed by atoms with E-state index in [1.807, 2.05) is 12.1 Å². The molecule has 72 valence electrons. The number of anilines is 1. The number of nitriles is 1. The molecule has 1 aromatic rings. The van der Waals surface area contributed by atoms with Crippen molar-refractivity contribution in [3.8, 4) is 6.07 Å². The summed E-state index contributed by atoms with van der Waals surface area (Å²) >= 11 is 0. The number of rotatable bonds is 2. The van der Waals surface area contributed by atoms with E-state index in [0.29, 0.717) is 11.6 Å². The Bertz CT molecular complexity index is 366. The number of nitrogens with zero attached hydrogens (tertiary/aromatic N) is 3. The van der Waals surface area contributed by atoms with Crippen molar-refractivity contribution in [1.29, 1.82) is 5.26 Å². The van der Waals surface area contributed by atoms with Gasteiger partial charge in [-0.15, -0.1) is 0 Å². The number of pyridine rings is 1. The van der Waals surface area contributed by atoms with Gasteiger partial charge in [-0.2, -0.15) is 5.26 Å². The van der Waals surface area contributed by atoms with Crippen LogP contribution in [0.25, 0.3) is 0 Å². The van der Waals surface area contributed by atoms with E-state index in [4.69, 9.17) is 10.4 Å². The zero-order valence-electron chi connectivity index (χ0n) is 7.72. The molecule has 0 aliphatic carbocycles. The second-order valence-corrected chi connectivity index (χ2v) is 3.46. The minimum Gasteiger partial charge on any atom is -0.396 e. The third-order valence-corrected chi connectivity index (χ3v) is 2.44. The average Bonchev–Trinajstić information content (AvgIpc) is 2.17. The second kappa shape index (κ2) is 3.64. The molecule has 0 saturated carbocycles. The Morgan fingerprint density at radius 3 is 3.07 bits per heavy atom. The van der Waals surface area contributed by atoms with Gasteiger partial charge in [-0.25, -0.2) is 4.98 Å². The lowest BCUT2D eigenvalue weighted by Gasteiger charge is -2.40. The Balaban J connectivity index is 2.08. The zero-order chi connectivity index (χ0) is 9.97. The van der Waals surface area contributed by atoms with Crippen LogP contribution in [0.3, 0.4) is 0 Å². The van der Waals surface area contributed by atoms with Crippen molar-refractivity contribution < 1.29 is 5.11 Å². The molecule has 4 nitrogen and oxygen atoms in total. The van der Waals surface area contributed by atoms with Crippen LogP contribution in [0.5, 0.6) is 0 Å². The van der Waals surface area contributed by atoms with E-state index in [0.717, 1.165) is 18.8 Å². The first-order valence-corrected chi connectivity index (χ1v) is 4.55. The smallest absolute Gasteiger partial charge is 0.142 e. The number of aromatic nitrogens is 1. The predicted molar refractivity (Wildman–Crippen MR) is 51.7 cm³/mol. The van der Waals surface area contributed by atoms with E-state index in [1.165, 1.54) is 0 Å². The standard InChI is InChI=1S/C10H11N3O/c11-4-9-3-10(1-2-12-9)13-5-8(6-13)7-14/h1-3,8,14H,5-7H2. The average molecular weight is 189 g/mol. The first-order chi connectivity index (χ1) is 6.83. The zero-order valence-corrected chi connectivity index (χ0v) is 7.72. The summed E-state index contributed by atoms with van der Waals surface area (Å²) in [6, 6.07) is 5.66. The lowest BCUT2D eigenvalue weighted by molar-refractivity contribution is 0.201. The molecular formula is C10H11N3O. The summed E-state index contributed by atoms with van der Waals surface area (Å²) in [5.41, 5.74) is 1.45. The van der Waals surface area contributed by atoms with Crippen LogP contribution in [0.15, 0.2) is 18.3 Å². The molecule has 1 saturated heterocycles. The van der Waals surface area contributed by atoms with E-state index in [9.17, 15) is 0 Å². The van der Waals surface area contributed by atoms with Crippen LogP contribution < -0.4 is 4.90 Å². The van der Waals surface area contributed by atoms with Crippen LogP contribution in [0.2, 0.25) is 0 Å². The summed E-state index contributed by atoms with van der Waals surface area (Å²) in [6.45, 7) is 1.98. The summed E-state index contributed by atoms with van der Waals surface area (Å²) in [5.74, 6) is 0.383. The summed E-state index contributed by atoms with van der Waals surface area (Å²) in [4.78, 5) is 6.03. The van der Waals surface area contributed by atoms with Gasteiger partial charge in [-0.05, 0) is 12.1 Å². The van der Waals surface area contributed by atoms with Gasteiger partial charge in [0.2, 0.25) is 0 Å². The van der Waals surface area contributed by atoms with Gasteiger partial charge in [0.25, 0.3) is 0 Å². The molecule has 0 bridgehead atoms. The van der Waals surface area contributed by atoms with Crippen LogP contribution in [0, 0.1) is 17.2 Å². The molecule has 1 aliphatic heterocycles. The highest BCUT2D eigenvalue weighted by atomic mass is 16.3. The van der Waals surface area contributed by atoms with Crippen LogP contribution in [0.4, 0.5) is 5.69 Å². The van der Waals surface area contributed by atoms with E-state index >= 15 is 0 Å². The molecule has 0 amide bonds. The number of aliphatic hydroxyl groups excluding tert-OH is 1. The number of hydrogen-bond donors (Lipinski definition) is 1. The largest absolute Gasteiger partial charge is 0.396 e. The van der Waals surface area contributed by atoms with Gasteiger partial charge in [0, 0.05) is 37.5 Å². The summed E-state index contributed by atoms with van der Waals surface area (Å²) < 4.78 is 0. The van der Waals surface area contributed by atoms with Crippen LogP contribution in [-0.4, -0.2) is 29.8 Å². The van der Waals surface area contributed by atoms with Crippen molar-refractivity contribution >= 4 is 5.69 Å². The Morgan fingerprint density at radius 2 is 2.43 bits per heavy atom. The van der Waals surface area contributed by atoms with E-state index in [2.05, 4.69) is 9.88 Å². The molecule has 14 heavy (non-hydrogen) atoms. The first-order valence-electron chi connectivity index (χ1n) is 4.55. The van der Waals surface area contributed by atoms with E-state index < -0.39 is 0 Å². The Hall–Kier alpha value is -1.60. The minimum absolute atomic E-state index is 0.243. The van der Waals surface area contributed by atoms with Gasteiger partial charge in [-0.3, -0.25) is 0 Å². The van der Waals surface area contributed by atoms with Crippen LogP contribution in [0.1, 0.15) is 5.69 Å². The maximum absolute atomic E-state index is 8.86. The molecule has 1 N–H and O–H groups in total. The second-order valence-electron chi connectivity index (χ2n) is 3.46. The van der Waals surface area contributed by atoms with Gasteiger partial charge < -0.3 is 10.0 Å². The maximum Gasteiger partial charge on any atom is 0.142 e. The van der Waals surface area contributed by atoms with E-state index in [-0.39, 0.29) is 6.61 Å². The number of aliphatic hydroxyl groups is 1. The Morgan fingerprint density at radius 1 is 1.64 bits per heavy atom. The van der Waals surface area contributed by atoms with Crippen molar-refractivity contribution in [2.75, 3.05) is 24.6 Å². The summed E-state index contributed by atoms with van der Waals surface area (Å²) in [5, 5.41) is 17.5. The van der Waals surface area contributed by atoms with Crippen molar-refractivity contribution in [3.63, 3.8) is 0 Å². The molecule has 2 heterocycles. The van der Waals surface area contributed by atoms with Gasteiger partial charge >= 0.3 is 0 Å². The quantitative estimate of drug-likeness (QED) is 0.730. The lowest BCUT2D eigenvalue weighted by atomic mass is 10.0. The molecule has 0 spiro atoms. The molecule has 0 radical (unpaired) electrons. The molecular weight excluding hydrogens is 178 g/mol. The molecule has 0 unspecified atom stereocenters. The fourth-order valence-corrected chi connectivity index (χ4v) is 1.57. The number of hydrogen-bond acceptors (Lipinski definition) is 4. The minimum atomic E-state index is 0.243. The normalized spacial score (nSPS) is 16.1. The predicted octanol–water partition coefficient (Wildman–Crippen LogP) is 0.382. The van der Waals surface area contributed by atoms with Crippen LogP contribution >= 0.6 is 0 Å². The van der Waals surface area contributed by atoms with Crippen LogP contribution in [-0.2, 0) is 0 Å². The van der Waals surface area contributed by atoms with Crippen molar-refractivity contribution in [1.82, 2.24) is 4.98 Å². The molecule has 0 atom stereocenters. The SMILES string of the molecule is N#Cc1cc(N2CC(CO)C2)ccn1. The monoisotopic (exact) mass is 189 g/mol. The van der Waals surface area contributed by atoms with Crippen molar-refractivity contribution in [3.05, 3.63) is 24.0 Å². The third kappa shape index (κ3) is 1.54. The van der Waals surface area contributed by atoms with Gasteiger partial charge in [0.1, 0.15) is 11.8 Å². The highest BCUT2D eigenvalue weighted by Gasteiger charge is 2.25. The summed E-state index contributed by atoms with van der Waals surface area (Å²) in [6.07, 6.45) is 1.64.